The summed E-state index contributed by atoms with van der Waals surface area (Å²) in [6, 6.07) is 6.14. The van der Waals surface area contributed by atoms with Gasteiger partial charge in [-0.2, -0.15) is 0 Å². The van der Waals surface area contributed by atoms with Gasteiger partial charge in [-0.3, -0.25) is 0 Å². The van der Waals surface area contributed by atoms with Gasteiger partial charge in [0, 0.05) is 25.5 Å². The summed E-state index contributed by atoms with van der Waals surface area (Å²) in [4.78, 5) is 2.08. The highest BCUT2D eigenvalue weighted by atomic mass is 35.5. The van der Waals surface area contributed by atoms with Gasteiger partial charge in [0.05, 0.1) is 0 Å². The number of aryl methyl sites for hydroxylation is 1. The second kappa shape index (κ2) is 4.97. The quantitative estimate of drug-likeness (QED) is 0.743. The SMILES string of the molecule is CCc1cc(N(C)C)ccc1N.Cl. The first-order valence-corrected chi connectivity index (χ1v) is 4.21. The largest absolute Gasteiger partial charge is 0.399 e. The van der Waals surface area contributed by atoms with Crippen molar-refractivity contribution in [2.45, 2.75) is 13.3 Å². The van der Waals surface area contributed by atoms with Crippen LogP contribution in [0.1, 0.15) is 12.5 Å². The summed E-state index contributed by atoms with van der Waals surface area (Å²) >= 11 is 0. The van der Waals surface area contributed by atoms with Crippen LogP contribution in [0.5, 0.6) is 0 Å². The highest BCUT2D eigenvalue weighted by molar-refractivity contribution is 5.85. The van der Waals surface area contributed by atoms with E-state index in [4.69, 9.17) is 5.73 Å². The van der Waals surface area contributed by atoms with Crippen molar-refractivity contribution in [2.75, 3.05) is 24.7 Å². The lowest BCUT2D eigenvalue weighted by atomic mass is 10.1. The van der Waals surface area contributed by atoms with Gasteiger partial charge < -0.3 is 10.6 Å². The zero-order valence-corrected chi connectivity index (χ0v) is 9.19. The Labute approximate surface area is 86.1 Å². The van der Waals surface area contributed by atoms with Crippen LogP contribution < -0.4 is 10.6 Å². The van der Waals surface area contributed by atoms with E-state index in [-0.39, 0.29) is 12.4 Å². The van der Waals surface area contributed by atoms with Crippen LogP contribution in [0.25, 0.3) is 0 Å². The van der Waals surface area contributed by atoms with Crippen molar-refractivity contribution in [3.63, 3.8) is 0 Å². The van der Waals surface area contributed by atoms with Crippen LogP contribution in [-0.4, -0.2) is 14.1 Å². The first-order valence-electron chi connectivity index (χ1n) is 4.21. The molecule has 0 spiro atoms. The Hall–Kier alpha value is -0.890. The molecule has 0 aliphatic carbocycles. The molecule has 0 atom stereocenters. The maximum atomic E-state index is 5.78. The summed E-state index contributed by atoms with van der Waals surface area (Å²) in [5.74, 6) is 0. The zero-order chi connectivity index (χ0) is 9.14. The van der Waals surface area contributed by atoms with Crippen LogP contribution in [0.15, 0.2) is 18.2 Å². The van der Waals surface area contributed by atoms with Crippen LogP contribution in [-0.2, 0) is 6.42 Å². The van der Waals surface area contributed by atoms with E-state index in [1.165, 1.54) is 11.3 Å². The van der Waals surface area contributed by atoms with Crippen molar-refractivity contribution < 1.29 is 0 Å². The Bertz CT molecular complexity index is 272. The fourth-order valence-electron chi connectivity index (χ4n) is 1.18. The first kappa shape index (κ1) is 12.1. The van der Waals surface area contributed by atoms with Gasteiger partial charge in [0.1, 0.15) is 0 Å². The van der Waals surface area contributed by atoms with Gasteiger partial charge in [-0.15, -0.1) is 12.4 Å². The second-order valence-corrected chi connectivity index (χ2v) is 3.13. The molecule has 1 aromatic rings. The molecule has 1 aromatic carbocycles. The summed E-state index contributed by atoms with van der Waals surface area (Å²) < 4.78 is 0. The first-order chi connectivity index (χ1) is 5.65. The predicted octanol–water partition coefficient (Wildman–Crippen LogP) is 2.32. The average Bonchev–Trinajstić information content (AvgIpc) is 2.05. The molecule has 13 heavy (non-hydrogen) atoms. The number of hydrogen-bond donors (Lipinski definition) is 1. The zero-order valence-electron chi connectivity index (χ0n) is 8.37. The Kier molecular flexibility index (Phi) is 4.63. The summed E-state index contributed by atoms with van der Waals surface area (Å²) in [5.41, 5.74) is 9.11. The van der Waals surface area contributed by atoms with Crippen molar-refractivity contribution in [1.29, 1.82) is 0 Å². The highest BCUT2D eigenvalue weighted by Crippen LogP contribution is 2.19. The number of rotatable bonds is 2. The van der Waals surface area contributed by atoms with Gasteiger partial charge >= 0.3 is 0 Å². The number of hydrogen-bond acceptors (Lipinski definition) is 2. The molecule has 0 heterocycles. The molecule has 0 bridgehead atoms. The number of benzene rings is 1. The summed E-state index contributed by atoms with van der Waals surface area (Å²) in [7, 11) is 4.07. The minimum atomic E-state index is 0. The van der Waals surface area contributed by atoms with Crippen LogP contribution >= 0.6 is 12.4 Å². The molecular weight excluding hydrogens is 184 g/mol. The van der Waals surface area contributed by atoms with Crippen molar-refractivity contribution in [1.82, 2.24) is 0 Å². The molecule has 0 fully saturated rings. The maximum Gasteiger partial charge on any atom is 0.0365 e. The standard InChI is InChI=1S/C10H16N2.ClH/c1-4-8-7-9(12(2)3)5-6-10(8)11;/h5-7H,4,11H2,1-3H3;1H. The minimum absolute atomic E-state index is 0. The molecule has 74 valence electrons. The third kappa shape index (κ3) is 2.81. The van der Waals surface area contributed by atoms with E-state index in [1.54, 1.807) is 0 Å². The van der Waals surface area contributed by atoms with Crippen molar-refractivity contribution in [2.24, 2.45) is 0 Å². The Morgan fingerprint density at radius 1 is 1.31 bits per heavy atom. The molecule has 0 unspecified atom stereocenters. The van der Waals surface area contributed by atoms with Crippen molar-refractivity contribution in [3.8, 4) is 0 Å². The predicted molar refractivity (Wildman–Crippen MR) is 61.8 cm³/mol. The maximum absolute atomic E-state index is 5.78. The molecule has 0 saturated heterocycles. The Morgan fingerprint density at radius 2 is 1.92 bits per heavy atom. The summed E-state index contributed by atoms with van der Waals surface area (Å²) in [6.07, 6.45) is 0.994. The highest BCUT2D eigenvalue weighted by Gasteiger charge is 1.99. The lowest BCUT2D eigenvalue weighted by Crippen LogP contribution is -2.09. The fraction of sp³-hybridized carbons (Fsp3) is 0.400. The van der Waals surface area contributed by atoms with Gasteiger partial charge in [-0.1, -0.05) is 6.92 Å². The van der Waals surface area contributed by atoms with E-state index >= 15 is 0 Å². The second-order valence-electron chi connectivity index (χ2n) is 3.13. The number of nitrogens with zero attached hydrogens (tertiary/aromatic N) is 1. The van der Waals surface area contributed by atoms with E-state index in [9.17, 15) is 0 Å². The lowest BCUT2D eigenvalue weighted by Gasteiger charge is -2.14. The fourth-order valence-corrected chi connectivity index (χ4v) is 1.18. The van der Waals surface area contributed by atoms with Crippen LogP contribution in [0.3, 0.4) is 0 Å². The van der Waals surface area contributed by atoms with Gasteiger partial charge in [0.15, 0.2) is 0 Å². The lowest BCUT2D eigenvalue weighted by molar-refractivity contribution is 1.10. The van der Waals surface area contributed by atoms with Crippen LogP contribution in [0.2, 0.25) is 0 Å². The molecule has 0 amide bonds. The molecule has 3 heteroatoms. The van der Waals surface area contributed by atoms with E-state index in [0.29, 0.717) is 0 Å². The molecule has 2 N–H and O–H groups in total. The van der Waals surface area contributed by atoms with Crippen LogP contribution in [0, 0.1) is 0 Å². The minimum Gasteiger partial charge on any atom is -0.399 e. The summed E-state index contributed by atoms with van der Waals surface area (Å²) in [5, 5.41) is 0. The number of anilines is 2. The number of nitrogen functional groups attached to an aromatic ring is 1. The average molecular weight is 201 g/mol. The van der Waals surface area contributed by atoms with Crippen LogP contribution in [0.4, 0.5) is 11.4 Å². The Balaban J connectivity index is 0.00000144. The van der Waals surface area contributed by atoms with Gasteiger partial charge in [-0.05, 0) is 30.2 Å². The molecule has 2 nitrogen and oxygen atoms in total. The Morgan fingerprint density at radius 3 is 2.38 bits per heavy atom. The summed E-state index contributed by atoms with van der Waals surface area (Å²) in [6.45, 7) is 2.12. The van der Waals surface area contributed by atoms with Gasteiger partial charge in [-0.25, -0.2) is 0 Å². The number of nitrogens with two attached hydrogens (primary N) is 1. The number of halogens is 1. The molecule has 0 aromatic heterocycles. The molecule has 0 aliphatic rings. The molecule has 0 radical (unpaired) electrons. The molecule has 0 saturated carbocycles. The smallest absolute Gasteiger partial charge is 0.0365 e. The third-order valence-corrected chi connectivity index (χ3v) is 2.02. The third-order valence-electron chi connectivity index (χ3n) is 2.02. The van der Waals surface area contributed by atoms with Crippen molar-refractivity contribution in [3.05, 3.63) is 23.8 Å². The normalized spacial score (nSPS) is 9.15. The van der Waals surface area contributed by atoms with Gasteiger partial charge in [0.2, 0.25) is 0 Å². The van der Waals surface area contributed by atoms with E-state index in [0.717, 1.165) is 12.1 Å². The topological polar surface area (TPSA) is 29.3 Å². The molecule has 1 rings (SSSR count). The van der Waals surface area contributed by atoms with Gasteiger partial charge in [0.25, 0.3) is 0 Å². The monoisotopic (exact) mass is 200 g/mol. The molecular formula is C10H17ClN2. The van der Waals surface area contributed by atoms with E-state index in [2.05, 4.69) is 17.9 Å². The van der Waals surface area contributed by atoms with E-state index < -0.39 is 0 Å². The van der Waals surface area contributed by atoms with Crippen molar-refractivity contribution >= 4 is 23.8 Å². The van der Waals surface area contributed by atoms with E-state index in [1.807, 2.05) is 26.2 Å². The molecule has 0 aliphatic heterocycles.